The van der Waals surface area contributed by atoms with Crippen molar-refractivity contribution in [3.63, 3.8) is 0 Å². The molecule has 1 rings (SSSR count). The fourth-order valence-electron chi connectivity index (χ4n) is 1.10. The second kappa shape index (κ2) is 5.89. The minimum atomic E-state index is -0.515. The van der Waals surface area contributed by atoms with Crippen molar-refractivity contribution in [2.24, 2.45) is 0 Å². The quantitative estimate of drug-likeness (QED) is 0.714. The highest BCUT2D eigenvalue weighted by atomic mass is 16.5. The summed E-state index contributed by atoms with van der Waals surface area (Å²) in [6.45, 7) is 2.04. The van der Waals surface area contributed by atoms with Gasteiger partial charge in [-0.1, -0.05) is 13.3 Å². The lowest BCUT2D eigenvalue weighted by atomic mass is 10.2. The number of carbonyl (C=O) groups excluding carboxylic acids is 1. The number of nitrogens with zero attached hydrogens (tertiary/aromatic N) is 1. The number of nitrogens with one attached hydrogen (secondary N) is 1. The molecule has 0 saturated carbocycles. The van der Waals surface area contributed by atoms with E-state index in [1.165, 1.54) is 6.20 Å². The highest BCUT2D eigenvalue weighted by molar-refractivity contribution is 5.69. The topological polar surface area (TPSA) is 98.1 Å². The molecule has 0 bridgehead atoms. The molecule has 6 heteroatoms. The van der Waals surface area contributed by atoms with E-state index in [2.05, 4.69) is 9.97 Å². The van der Waals surface area contributed by atoms with Crippen LogP contribution in [-0.4, -0.2) is 15.9 Å². The number of anilines is 1. The second-order valence-corrected chi connectivity index (χ2v) is 3.39. The summed E-state index contributed by atoms with van der Waals surface area (Å²) in [7, 11) is 0. The molecule has 0 radical (unpaired) electrons. The lowest BCUT2D eigenvalue weighted by molar-refractivity contribution is -0.145. The van der Waals surface area contributed by atoms with E-state index in [0.717, 1.165) is 12.8 Å². The fourth-order valence-corrected chi connectivity index (χ4v) is 1.10. The van der Waals surface area contributed by atoms with Gasteiger partial charge < -0.3 is 10.5 Å². The molecule has 1 aromatic rings. The second-order valence-electron chi connectivity index (χ2n) is 3.39. The maximum atomic E-state index is 11.2. The minimum Gasteiger partial charge on any atom is -0.461 e. The number of esters is 1. The monoisotopic (exact) mass is 225 g/mol. The molecule has 6 nitrogen and oxygen atoms in total. The van der Waals surface area contributed by atoms with Crippen LogP contribution in [-0.2, 0) is 16.1 Å². The van der Waals surface area contributed by atoms with Crippen molar-refractivity contribution in [2.45, 2.75) is 32.8 Å². The van der Waals surface area contributed by atoms with Crippen LogP contribution >= 0.6 is 0 Å². The SMILES string of the molecule is CCCCC(=O)OCc1cnc(=O)[nH]c1N. The van der Waals surface area contributed by atoms with Crippen LogP contribution in [0.5, 0.6) is 0 Å². The Morgan fingerprint density at radius 1 is 1.62 bits per heavy atom. The van der Waals surface area contributed by atoms with Gasteiger partial charge in [0.05, 0.1) is 0 Å². The van der Waals surface area contributed by atoms with E-state index in [1.807, 2.05) is 6.92 Å². The average Bonchev–Trinajstić information content (AvgIpc) is 2.25. The van der Waals surface area contributed by atoms with E-state index in [9.17, 15) is 9.59 Å². The number of hydrogen-bond acceptors (Lipinski definition) is 5. The molecule has 1 heterocycles. The van der Waals surface area contributed by atoms with Gasteiger partial charge in [-0.2, -0.15) is 0 Å². The number of hydrogen-bond donors (Lipinski definition) is 2. The van der Waals surface area contributed by atoms with Crippen molar-refractivity contribution in [2.75, 3.05) is 5.73 Å². The van der Waals surface area contributed by atoms with E-state index >= 15 is 0 Å². The standard InChI is InChI=1S/C10H15N3O3/c1-2-3-4-8(14)16-6-7-5-12-10(15)13-9(7)11/h5H,2-4,6H2,1H3,(H3,11,12,13,15). The Morgan fingerprint density at radius 3 is 3.00 bits per heavy atom. The van der Waals surface area contributed by atoms with Crippen LogP contribution in [0.15, 0.2) is 11.0 Å². The first-order chi connectivity index (χ1) is 7.63. The molecule has 0 unspecified atom stereocenters. The molecule has 0 aromatic carbocycles. The van der Waals surface area contributed by atoms with Gasteiger partial charge in [0.15, 0.2) is 0 Å². The first-order valence-electron chi connectivity index (χ1n) is 5.12. The minimum absolute atomic E-state index is 0.0398. The van der Waals surface area contributed by atoms with Crippen molar-refractivity contribution in [3.05, 3.63) is 22.2 Å². The Morgan fingerprint density at radius 2 is 2.38 bits per heavy atom. The summed E-state index contributed by atoms with van der Waals surface area (Å²) < 4.78 is 4.97. The van der Waals surface area contributed by atoms with E-state index in [-0.39, 0.29) is 18.4 Å². The highest BCUT2D eigenvalue weighted by Crippen LogP contribution is 2.06. The number of unbranched alkanes of at least 4 members (excludes halogenated alkanes) is 1. The third-order valence-corrected chi connectivity index (χ3v) is 2.05. The summed E-state index contributed by atoms with van der Waals surface area (Å²) in [6.07, 6.45) is 3.45. The zero-order chi connectivity index (χ0) is 12.0. The lowest BCUT2D eigenvalue weighted by Crippen LogP contribution is -2.15. The van der Waals surface area contributed by atoms with E-state index in [1.54, 1.807) is 0 Å². The lowest BCUT2D eigenvalue weighted by Gasteiger charge is -2.05. The van der Waals surface area contributed by atoms with Crippen molar-refractivity contribution in [1.82, 2.24) is 9.97 Å². The average molecular weight is 225 g/mol. The number of ether oxygens (including phenoxy) is 1. The predicted octanol–water partition coefficient (Wildman–Crippen LogP) is 0.586. The van der Waals surface area contributed by atoms with Gasteiger partial charge in [-0.15, -0.1) is 0 Å². The number of aromatic nitrogens is 2. The Balaban J connectivity index is 2.48. The summed E-state index contributed by atoms with van der Waals surface area (Å²) in [5, 5.41) is 0. The van der Waals surface area contributed by atoms with Crippen LogP contribution in [0, 0.1) is 0 Å². The molecule has 0 aliphatic heterocycles. The first kappa shape index (κ1) is 12.2. The van der Waals surface area contributed by atoms with Gasteiger partial charge in [0.1, 0.15) is 12.4 Å². The molecule has 0 aliphatic carbocycles. The molecule has 0 aliphatic rings. The number of H-pyrrole nitrogens is 1. The summed E-state index contributed by atoms with van der Waals surface area (Å²) >= 11 is 0. The third kappa shape index (κ3) is 3.72. The van der Waals surface area contributed by atoms with Crippen LogP contribution in [0.3, 0.4) is 0 Å². The molecule has 0 amide bonds. The maximum absolute atomic E-state index is 11.2. The first-order valence-corrected chi connectivity index (χ1v) is 5.12. The van der Waals surface area contributed by atoms with Crippen LogP contribution in [0.4, 0.5) is 5.82 Å². The Kier molecular flexibility index (Phi) is 4.50. The van der Waals surface area contributed by atoms with Gasteiger partial charge in [-0.3, -0.25) is 9.78 Å². The van der Waals surface area contributed by atoms with Gasteiger partial charge in [0.2, 0.25) is 0 Å². The maximum Gasteiger partial charge on any atom is 0.346 e. The fraction of sp³-hybridized carbons (Fsp3) is 0.500. The van der Waals surface area contributed by atoms with Crippen LogP contribution in [0.25, 0.3) is 0 Å². The van der Waals surface area contributed by atoms with Gasteiger partial charge in [0, 0.05) is 18.2 Å². The predicted molar refractivity (Wildman–Crippen MR) is 58.6 cm³/mol. The van der Waals surface area contributed by atoms with Crippen LogP contribution in [0.1, 0.15) is 31.7 Å². The Hall–Kier alpha value is -1.85. The molecule has 0 saturated heterocycles. The highest BCUT2D eigenvalue weighted by Gasteiger charge is 2.05. The van der Waals surface area contributed by atoms with E-state index in [0.29, 0.717) is 12.0 Å². The van der Waals surface area contributed by atoms with Crippen molar-refractivity contribution in [1.29, 1.82) is 0 Å². The number of nitrogen functional groups attached to an aromatic ring is 1. The summed E-state index contributed by atoms with van der Waals surface area (Å²) in [5.74, 6) is -0.0873. The van der Waals surface area contributed by atoms with Gasteiger partial charge in [-0.25, -0.2) is 9.78 Å². The van der Waals surface area contributed by atoms with Gasteiger partial charge in [-0.05, 0) is 6.42 Å². The Bertz CT molecular complexity index is 414. The summed E-state index contributed by atoms with van der Waals surface area (Å²) in [6, 6.07) is 0. The molecule has 1 aromatic heterocycles. The van der Waals surface area contributed by atoms with Crippen molar-refractivity contribution >= 4 is 11.8 Å². The van der Waals surface area contributed by atoms with Gasteiger partial charge >= 0.3 is 11.7 Å². The third-order valence-electron chi connectivity index (χ3n) is 2.05. The number of nitrogens with two attached hydrogens (primary N) is 1. The molecule has 0 fully saturated rings. The van der Waals surface area contributed by atoms with E-state index < -0.39 is 5.69 Å². The molecule has 3 N–H and O–H groups in total. The van der Waals surface area contributed by atoms with Gasteiger partial charge in [0.25, 0.3) is 0 Å². The van der Waals surface area contributed by atoms with Crippen LogP contribution in [0.2, 0.25) is 0 Å². The number of aromatic amines is 1. The van der Waals surface area contributed by atoms with Crippen LogP contribution < -0.4 is 11.4 Å². The largest absolute Gasteiger partial charge is 0.461 e. The van der Waals surface area contributed by atoms with Crippen molar-refractivity contribution < 1.29 is 9.53 Å². The molecule has 0 atom stereocenters. The summed E-state index contributed by atoms with van der Waals surface area (Å²) in [4.78, 5) is 27.8. The molecular formula is C10H15N3O3. The molecule has 0 spiro atoms. The summed E-state index contributed by atoms with van der Waals surface area (Å²) in [5.41, 5.74) is 5.51. The normalized spacial score (nSPS) is 10.1. The van der Waals surface area contributed by atoms with E-state index in [4.69, 9.17) is 10.5 Å². The number of rotatable bonds is 5. The number of carbonyl (C=O) groups is 1. The molecule has 16 heavy (non-hydrogen) atoms. The smallest absolute Gasteiger partial charge is 0.346 e. The zero-order valence-electron chi connectivity index (χ0n) is 9.16. The van der Waals surface area contributed by atoms with Crippen molar-refractivity contribution in [3.8, 4) is 0 Å². The molecular weight excluding hydrogens is 210 g/mol. The Labute approximate surface area is 92.8 Å². The zero-order valence-corrected chi connectivity index (χ0v) is 9.16. The molecule has 88 valence electrons.